The summed E-state index contributed by atoms with van der Waals surface area (Å²) in [5.41, 5.74) is 2.85. The molecule has 1 aliphatic rings. The number of methoxy groups -OCH3 is 1. The molecule has 2 rings (SSSR count). The van der Waals surface area contributed by atoms with Crippen LogP contribution in [-0.2, 0) is 4.74 Å². The van der Waals surface area contributed by atoms with Crippen LogP contribution in [0.15, 0.2) is 11.4 Å². The summed E-state index contributed by atoms with van der Waals surface area (Å²) >= 11 is 7.76. The number of rotatable bonds is 5. The molecule has 1 heterocycles. The summed E-state index contributed by atoms with van der Waals surface area (Å²) < 4.78 is 5.61. The maximum Gasteiger partial charge on any atom is 0.0697 e. The molecule has 1 saturated carbocycles. The second kappa shape index (κ2) is 5.02. The van der Waals surface area contributed by atoms with Crippen molar-refractivity contribution in [1.29, 1.82) is 0 Å². The van der Waals surface area contributed by atoms with E-state index in [1.54, 1.807) is 18.4 Å². The highest BCUT2D eigenvalue weighted by Gasteiger charge is 2.39. The minimum atomic E-state index is 0.00432. The van der Waals surface area contributed by atoms with E-state index < -0.39 is 0 Å². The van der Waals surface area contributed by atoms with Crippen molar-refractivity contribution in [1.82, 2.24) is 5.43 Å². The summed E-state index contributed by atoms with van der Waals surface area (Å²) in [7, 11) is 1.78. The number of ether oxygens (including phenoxy) is 1. The largest absolute Gasteiger partial charge is 0.378 e. The molecule has 0 bridgehead atoms. The zero-order valence-electron chi connectivity index (χ0n) is 9.33. The van der Waals surface area contributed by atoms with E-state index in [1.165, 1.54) is 6.42 Å². The van der Waals surface area contributed by atoms with Crippen LogP contribution >= 0.6 is 22.9 Å². The molecule has 1 fully saturated rings. The van der Waals surface area contributed by atoms with Gasteiger partial charge < -0.3 is 4.74 Å². The van der Waals surface area contributed by atoms with Crippen LogP contribution in [0.25, 0.3) is 0 Å². The fourth-order valence-corrected chi connectivity index (χ4v) is 3.47. The van der Waals surface area contributed by atoms with Gasteiger partial charge >= 0.3 is 0 Å². The van der Waals surface area contributed by atoms with Crippen molar-refractivity contribution < 1.29 is 4.74 Å². The summed E-state index contributed by atoms with van der Waals surface area (Å²) in [5.74, 6) is 5.62. The van der Waals surface area contributed by atoms with Gasteiger partial charge in [-0.15, -0.1) is 11.3 Å². The summed E-state index contributed by atoms with van der Waals surface area (Å²) in [6.07, 6.45) is 4.36. The van der Waals surface area contributed by atoms with Crippen LogP contribution in [0.5, 0.6) is 0 Å². The zero-order chi connectivity index (χ0) is 11.6. The van der Waals surface area contributed by atoms with E-state index in [1.807, 2.05) is 11.4 Å². The monoisotopic (exact) mass is 260 g/mol. The molecule has 1 unspecified atom stereocenters. The van der Waals surface area contributed by atoms with Crippen LogP contribution in [0.3, 0.4) is 0 Å². The number of hydrogen-bond donors (Lipinski definition) is 2. The van der Waals surface area contributed by atoms with Crippen LogP contribution in [0.4, 0.5) is 0 Å². The van der Waals surface area contributed by atoms with Crippen LogP contribution in [0.1, 0.15) is 36.6 Å². The van der Waals surface area contributed by atoms with Crippen LogP contribution in [0, 0.1) is 0 Å². The van der Waals surface area contributed by atoms with E-state index in [0.717, 1.165) is 29.2 Å². The lowest BCUT2D eigenvalue weighted by Crippen LogP contribution is -2.44. The maximum atomic E-state index is 6.12. The van der Waals surface area contributed by atoms with Gasteiger partial charge in [-0.1, -0.05) is 11.6 Å². The molecule has 1 aliphatic carbocycles. The van der Waals surface area contributed by atoms with Crippen molar-refractivity contribution in [3.8, 4) is 0 Å². The number of thiophene rings is 1. The maximum absolute atomic E-state index is 6.12. The summed E-state index contributed by atoms with van der Waals surface area (Å²) in [5, 5.41) is 2.78. The molecule has 16 heavy (non-hydrogen) atoms. The molecule has 0 amide bonds. The van der Waals surface area contributed by atoms with Crippen LogP contribution in [-0.4, -0.2) is 12.7 Å². The van der Waals surface area contributed by atoms with Gasteiger partial charge in [0.2, 0.25) is 0 Å². The van der Waals surface area contributed by atoms with Gasteiger partial charge in [0.1, 0.15) is 0 Å². The first-order chi connectivity index (χ1) is 7.71. The molecular formula is C11H17ClN2OS. The minimum Gasteiger partial charge on any atom is -0.378 e. The lowest BCUT2D eigenvalue weighted by Gasteiger charge is -2.42. The number of nitrogens with one attached hydrogen (secondary N) is 1. The van der Waals surface area contributed by atoms with E-state index in [9.17, 15) is 0 Å². The summed E-state index contributed by atoms with van der Waals surface area (Å²) in [6, 6.07) is 2.00. The van der Waals surface area contributed by atoms with Crippen molar-refractivity contribution in [2.75, 3.05) is 7.11 Å². The van der Waals surface area contributed by atoms with Gasteiger partial charge in [-0.2, -0.15) is 0 Å². The number of halogens is 1. The molecule has 3 N–H and O–H groups in total. The first kappa shape index (κ1) is 12.3. The smallest absolute Gasteiger partial charge is 0.0697 e. The van der Waals surface area contributed by atoms with E-state index in [0.29, 0.717) is 0 Å². The van der Waals surface area contributed by atoms with E-state index in [2.05, 4.69) is 5.43 Å². The molecular weight excluding hydrogens is 244 g/mol. The first-order valence-electron chi connectivity index (χ1n) is 5.45. The van der Waals surface area contributed by atoms with Gasteiger partial charge in [-0.05, 0) is 37.1 Å². The Kier molecular flexibility index (Phi) is 3.87. The second-order valence-corrected chi connectivity index (χ2v) is 5.65. The van der Waals surface area contributed by atoms with Crippen molar-refractivity contribution in [3.63, 3.8) is 0 Å². The molecule has 5 heteroatoms. The SMILES string of the molecule is COC1(CC(NN)c2sccc2Cl)CCC1. The van der Waals surface area contributed by atoms with Crippen LogP contribution < -0.4 is 11.3 Å². The Morgan fingerprint density at radius 1 is 1.69 bits per heavy atom. The Labute approximate surface area is 105 Å². The minimum absolute atomic E-state index is 0.00432. The Bertz CT molecular complexity index is 346. The standard InChI is InChI=1S/C11H17ClN2OS/c1-15-11(4-2-5-11)7-9(14-13)10-8(12)3-6-16-10/h3,6,9,14H,2,4-5,7,13H2,1H3. The molecule has 3 nitrogen and oxygen atoms in total. The number of hydrogen-bond acceptors (Lipinski definition) is 4. The Hall–Kier alpha value is -0.130. The van der Waals surface area contributed by atoms with Crippen molar-refractivity contribution in [3.05, 3.63) is 21.3 Å². The molecule has 90 valence electrons. The average Bonchev–Trinajstić information content (AvgIpc) is 2.65. The summed E-state index contributed by atoms with van der Waals surface area (Å²) in [6.45, 7) is 0. The summed E-state index contributed by atoms with van der Waals surface area (Å²) in [4.78, 5) is 1.10. The predicted molar refractivity (Wildman–Crippen MR) is 67.6 cm³/mol. The fourth-order valence-electron chi connectivity index (χ4n) is 2.22. The average molecular weight is 261 g/mol. The van der Waals surface area contributed by atoms with Crippen molar-refractivity contribution in [2.24, 2.45) is 5.84 Å². The quantitative estimate of drug-likeness (QED) is 0.632. The second-order valence-electron chi connectivity index (χ2n) is 4.30. The van der Waals surface area contributed by atoms with Gasteiger partial charge in [0, 0.05) is 12.0 Å². The Morgan fingerprint density at radius 2 is 2.44 bits per heavy atom. The number of hydrazine groups is 1. The lowest BCUT2D eigenvalue weighted by molar-refractivity contribution is -0.0836. The highest BCUT2D eigenvalue weighted by atomic mass is 35.5. The first-order valence-corrected chi connectivity index (χ1v) is 6.71. The van der Waals surface area contributed by atoms with Gasteiger partial charge in [0.05, 0.1) is 16.7 Å². The van der Waals surface area contributed by atoms with Crippen molar-refractivity contribution >= 4 is 22.9 Å². The van der Waals surface area contributed by atoms with Gasteiger partial charge in [0.15, 0.2) is 0 Å². The normalized spacial score (nSPS) is 20.4. The third-order valence-electron chi connectivity index (χ3n) is 3.44. The topological polar surface area (TPSA) is 47.3 Å². The van der Waals surface area contributed by atoms with E-state index in [-0.39, 0.29) is 11.6 Å². The van der Waals surface area contributed by atoms with Gasteiger partial charge in [-0.25, -0.2) is 0 Å². The van der Waals surface area contributed by atoms with Crippen molar-refractivity contribution in [2.45, 2.75) is 37.3 Å². The third kappa shape index (κ3) is 2.26. The highest BCUT2D eigenvalue weighted by molar-refractivity contribution is 7.10. The Morgan fingerprint density at radius 3 is 2.81 bits per heavy atom. The molecule has 0 spiro atoms. The fraction of sp³-hybridized carbons (Fsp3) is 0.636. The third-order valence-corrected chi connectivity index (χ3v) is 4.91. The lowest BCUT2D eigenvalue weighted by atomic mass is 9.75. The molecule has 0 aliphatic heterocycles. The molecule has 1 aromatic heterocycles. The molecule has 1 aromatic rings. The van der Waals surface area contributed by atoms with Crippen LogP contribution in [0.2, 0.25) is 5.02 Å². The van der Waals surface area contributed by atoms with E-state index >= 15 is 0 Å². The van der Waals surface area contributed by atoms with Gasteiger partial charge in [0.25, 0.3) is 0 Å². The Balaban J connectivity index is 2.09. The van der Waals surface area contributed by atoms with Gasteiger partial charge in [-0.3, -0.25) is 11.3 Å². The molecule has 0 radical (unpaired) electrons. The highest BCUT2D eigenvalue weighted by Crippen LogP contribution is 2.43. The predicted octanol–water partition coefficient (Wildman–Crippen LogP) is 2.87. The molecule has 0 aromatic carbocycles. The number of nitrogens with two attached hydrogens (primary N) is 1. The zero-order valence-corrected chi connectivity index (χ0v) is 10.9. The molecule has 0 saturated heterocycles. The molecule has 1 atom stereocenters. The van der Waals surface area contributed by atoms with E-state index in [4.69, 9.17) is 22.2 Å².